The lowest BCUT2D eigenvalue weighted by Gasteiger charge is -2.25. The quantitative estimate of drug-likeness (QED) is 0.765. The third kappa shape index (κ3) is 2.03. The Hall–Kier alpha value is -0.770. The van der Waals surface area contributed by atoms with Gasteiger partial charge in [-0.1, -0.05) is 12.0 Å². The van der Waals surface area contributed by atoms with E-state index in [-0.39, 0.29) is 5.38 Å². The van der Waals surface area contributed by atoms with Gasteiger partial charge in [-0.25, -0.2) is 0 Å². The Morgan fingerprint density at radius 3 is 2.81 bits per heavy atom. The Morgan fingerprint density at radius 2 is 2.25 bits per heavy atom. The lowest BCUT2D eigenvalue weighted by molar-refractivity contribution is 0.463. The Bertz CT molecular complexity index is 353. The summed E-state index contributed by atoms with van der Waals surface area (Å²) in [6.07, 6.45) is 3.50. The maximum absolute atomic E-state index is 5.92. The standard InChI is InChI=1S/C11H18ClN3O/c1-4-9-6-5-7(2)15(9)11-14-13-10(16-11)8(3)12/h7-9H,4-6H2,1-3H3. The van der Waals surface area contributed by atoms with E-state index in [2.05, 4.69) is 28.9 Å². The smallest absolute Gasteiger partial charge is 0.318 e. The normalized spacial score (nSPS) is 27.4. The predicted molar refractivity (Wildman–Crippen MR) is 63.8 cm³/mol. The molecule has 1 fully saturated rings. The Balaban J connectivity index is 2.21. The molecule has 5 heteroatoms. The zero-order valence-electron chi connectivity index (χ0n) is 9.98. The van der Waals surface area contributed by atoms with Crippen LogP contribution in [0.1, 0.15) is 51.3 Å². The number of hydrogen-bond acceptors (Lipinski definition) is 4. The highest BCUT2D eigenvalue weighted by Gasteiger charge is 2.33. The van der Waals surface area contributed by atoms with Crippen LogP contribution in [0.4, 0.5) is 6.01 Å². The van der Waals surface area contributed by atoms with Crippen LogP contribution in [0.3, 0.4) is 0 Å². The molecular formula is C11H18ClN3O. The van der Waals surface area contributed by atoms with Crippen LogP contribution in [0.15, 0.2) is 4.42 Å². The number of anilines is 1. The molecule has 0 amide bonds. The molecule has 1 aromatic heterocycles. The topological polar surface area (TPSA) is 42.2 Å². The Labute approximate surface area is 101 Å². The van der Waals surface area contributed by atoms with Crippen molar-refractivity contribution >= 4 is 17.6 Å². The minimum Gasteiger partial charge on any atom is -0.406 e. The second-order valence-corrected chi connectivity index (χ2v) is 5.09. The molecular weight excluding hydrogens is 226 g/mol. The van der Waals surface area contributed by atoms with Gasteiger partial charge in [0.1, 0.15) is 5.38 Å². The van der Waals surface area contributed by atoms with Crippen molar-refractivity contribution in [3.05, 3.63) is 5.89 Å². The number of alkyl halides is 1. The van der Waals surface area contributed by atoms with Crippen molar-refractivity contribution in [1.29, 1.82) is 0 Å². The molecule has 0 saturated carbocycles. The largest absolute Gasteiger partial charge is 0.406 e. The van der Waals surface area contributed by atoms with Crippen LogP contribution < -0.4 is 4.90 Å². The fraction of sp³-hybridized carbons (Fsp3) is 0.818. The highest BCUT2D eigenvalue weighted by atomic mass is 35.5. The van der Waals surface area contributed by atoms with Gasteiger partial charge in [0.05, 0.1) is 0 Å². The van der Waals surface area contributed by atoms with E-state index < -0.39 is 0 Å². The van der Waals surface area contributed by atoms with Crippen LogP contribution in [0.25, 0.3) is 0 Å². The Morgan fingerprint density at radius 1 is 1.50 bits per heavy atom. The van der Waals surface area contributed by atoms with Crippen molar-refractivity contribution in [3.63, 3.8) is 0 Å². The number of aromatic nitrogens is 2. The summed E-state index contributed by atoms with van der Waals surface area (Å²) in [5.74, 6) is 0.505. The first-order valence-electron chi connectivity index (χ1n) is 5.89. The lowest BCUT2D eigenvalue weighted by Crippen LogP contribution is -2.34. The summed E-state index contributed by atoms with van der Waals surface area (Å²) in [5, 5.41) is 7.84. The van der Waals surface area contributed by atoms with Gasteiger partial charge in [-0.2, -0.15) is 0 Å². The number of hydrogen-bond donors (Lipinski definition) is 0. The van der Waals surface area contributed by atoms with Crippen LogP contribution in [-0.4, -0.2) is 22.3 Å². The predicted octanol–water partition coefficient (Wildman–Crippen LogP) is 3.14. The molecule has 0 spiro atoms. The van der Waals surface area contributed by atoms with E-state index in [1.54, 1.807) is 0 Å². The average Bonchev–Trinajstić information content (AvgIpc) is 2.83. The van der Waals surface area contributed by atoms with Gasteiger partial charge in [-0.3, -0.25) is 0 Å². The number of nitrogens with zero attached hydrogens (tertiary/aromatic N) is 3. The van der Waals surface area contributed by atoms with E-state index in [0.717, 1.165) is 6.42 Å². The van der Waals surface area contributed by atoms with Gasteiger partial charge < -0.3 is 9.32 Å². The summed E-state index contributed by atoms with van der Waals surface area (Å²) in [6, 6.07) is 1.62. The monoisotopic (exact) mass is 243 g/mol. The molecule has 1 saturated heterocycles. The molecule has 3 atom stereocenters. The number of halogens is 1. The zero-order chi connectivity index (χ0) is 11.7. The van der Waals surface area contributed by atoms with Gasteiger partial charge in [0.25, 0.3) is 0 Å². The molecule has 1 aliphatic heterocycles. The van der Waals surface area contributed by atoms with Gasteiger partial charge in [-0.15, -0.1) is 16.7 Å². The van der Waals surface area contributed by atoms with Crippen molar-refractivity contribution < 1.29 is 4.42 Å². The molecule has 1 aliphatic rings. The highest BCUT2D eigenvalue weighted by molar-refractivity contribution is 6.20. The van der Waals surface area contributed by atoms with Crippen LogP contribution in [0.5, 0.6) is 0 Å². The SMILES string of the molecule is CCC1CCC(C)N1c1nnc(C(C)Cl)o1. The van der Waals surface area contributed by atoms with Crippen molar-refractivity contribution in [3.8, 4) is 0 Å². The first kappa shape index (κ1) is 11.7. The van der Waals surface area contributed by atoms with E-state index in [9.17, 15) is 0 Å². The van der Waals surface area contributed by atoms with Crippen molar-refractivity contribution in [1.82, 2.24) is 10.2 Å². The van der Waals surface area contributed by atoms with E-state index in [1.807, 2.05) is 6.92 Å². The molecule has 16 heavy (non-hydrogen) atoms. The van der Waals surface area contributed by atoms with Crippen LogP contribution >= 0.6 is 11.6 Å². The lowest BCUT2D eigenvalue weighted by atomic mass is 10.2. The minimum absolute atomic E-state index is 0.223. The summed E-state index contributed by atoms with van der Waals surface area (Å²) < 4.78 is 5.60. The fourth-order valence-corrected chi connectivity index (χ4v) is 2.40. The highest BCUT2D eigenvalue weighted by Crippen LogP contribution is 2.32. The summed E-state index contributed by atoms with van der Waals surface area (Å²) in [7, 11) is 0. The molecule has 1 aromatic rings. The molecule has 3 unspecified atom stereocenters. The zero-order valence-corrected chi connectivity index (χ0v) is 10.7. The van der Waals surface area contributed by atoms with Crippen LogP contribution in [0, 0.1) is 0 Å². The maximum Gasteiger partial charge on any atom is 0.318 e. The first-order chi connectivity index (χ1) is 7.63. The van der Waals surface area contributed by atoms with Crippen molar-refractivity contribution in [2.24, 2.45) is 0 Å². The second-order valence-electron chi connectivity index (χ2n) is 4.43. The molecule has 90 valence electrons. The molecule has 2 heterocycles. The molecule has 2 rings (SSSR count). The fourth-order valence-electron chi connectivity index (χ4n) is 2.31. The molecule has 4 nitrogen and oxygen atoms in total. The third-order valence-electron chi connectivity index (χ3n) is 3.25. The van der Waals surface area contributed by atoms with Crippen LogP contribution in [-0.2, 0) is 0 Å². The van der Waals surface area contributed by atoms with E-state index in [1.165, 1.54) is 12.8 Å². The van der Waals surface area contributed by atoms with Gasteiger partial charge in [-0.05, 0) is 33.1 Å². The van der Waals surface area contributed by atoms with E-state index in [4.69, 9.17) is 16.0 Å². The van der Waals surface area contributed by atoms with Gasteiger partial charge in [0, 0.05) is 12.1 Å². The summed E-state index contributed by atoms with van der Waals surface area (Å²) in [5.41, 5.74) is 0. The molecule has 0 bridgehead atoms. The van der Waals surface area contributed by atoms with Gasteiger partial charge in [0.2, 0.25) is 5.89 Å². The van der Waals surface area contributed by atoms with Gasteiger partial charge >= 0.3 is 6.01 Å². The number of rotatable bonds is 3. The third-order valence-corrected chi connectivity index (χ3v) is 3.43. The summed E-state index contributed by atoms with van der Waals surface area (Å²) >= 11 is 5.92. The van der Waals surface area contributed by atoms with E-state index in [0.29, 0.717) is 24.0 Å². The molecule has 0 radical (unpaired) electrons. The maximum atomic E-state index is 5.92. The minimum atomic E-state index is -0.223. The summed E-state index contributed by atoms with van der Waals surface area (Å²) in [4.78, 5) is 2.23. The average molecular weight is 244 g/mol. The van der Waals surface area contributed by atoms with Crippen molar-refractivity contribution in [2.45, 2.75) is 57.5 Å². The molecule has 0 aromatic carbocycles. The molecule has 0 N–H and O–H groups in total. The van der Waals surface area contributed by atoms with Crippen LogP contribution in [0.2, 0.25) is 0 Å². The van der Waals surface area contributed by atoms with Gasteiger partial charge in [0.15, 0.2) is 0 Å². The van der Waals surface area contributed by atoms with Crippen molar-refractivity contribution in [2.75, 3.05) is 4.90 Å². The first-order valence-corrected chi connectivity index (χ1v) is 6.33. The second kappa shape index (κ2) is 4.62. The summed E-state index contributed by atoms with van der Waals surface area (Å²) in [6.45, 7) is 6.23. The molecule has 0 aliphatic carbocycles. The van der Waals surface area contributed by atoms with E-state index >= 15 is 0 Å². The Kier molecular flexibility index (Phi) is 3.38.